The second kappa shape index (κ2) is 8.03. The van der Waals surface area contributed by atoms with Gasteiger partial charge in [-0.1, -0.05) is 26.0 Å². The predicted molar refractivity (Wildman–Crippen MR) is 95.7 cm³/mol. The van der Waals surface area contributed by atoms with Crippen molar-refractivity contribution >= 4 is 26.0 Å². The Bertz CT molecular complexity index is 862. The maximum Gasteiger partial charge on any atom is 0.307 e. The average Bonchev–Trinajstić information content (AvgIpc) is 2.62. The Morgan fingerprint density at radius 3 is 2.27 bits per heavy atom. The maximum absolute atomic E-state index is 13.1. The van der Waals surface area contributed by atoms with Gasteiger partial charge in [-0.3, -0.25) is 4.79 Å². The van der Waals surface area contributed by atoms with Gasteiger partial charge in [-0.2, -0.15) is 8.61 Å². The van der Waals surface area contributed by atoms with Crippen LogP contribution in [0.25, 0.3) is 0 Å². The zero-order valence-electron chi connectivity index (χ0n) is 14.8. The molecule has 1 fully saturated rings. The molecule has 1 atom stereocenters. The first-order valence-electron chi connectivity index (χ1n) is 8.48. The van der Waals surface area contributed by atoms with E-state index in [0.717, 1.165) is 4.31 Å². The molecule has 8 nitrogen and oxygen atoms in total. The van der Waals surface area contributed by atoms with Crippen molar-refractivity contribution in [2.75, 3.05) is 26.2 Å². The predicted octanol–water partition coefficient (Wildman–Crippen LogP) is 1.20. The fourth-order valence-electron chi connectivity index (χ4n) is 3.08. The van der Waals surface area contributed by atoms with Gasteiger partial charge in [0, 0.05) is 26.2 Å². The number of benzene rings is 1. The van der Waals surface area contributed by atoms with E-state index in [9.17, 15) is 26.7 Å². The third-order valence-electron chi connectivity index (χ3n) is 4.52. The summed E-state index contributed by atoms with van der Waals surface area (Å²) >= 11 is 0. The molecule has 1 aliphatic rings. The molecule has 0 radical (unpaired) electrons. The third kappa shape index (κ3) is 3.93. The number of rotatable bonds is 7. The lowest BCUT2D eigenvalue weighted by molar-refractivity contribution is -0.142. The Hall–Kier alpha value is -1.49. The van der Waals surface area contributed by atoms with Crippen LogP contribution in [0.15, 0.2) is 34.1 Å². The Labute approximate surface area is 154 Å². The summed E-state index contributed by atoms with van der Waals surface area (Å²) in [5.41, 5.74) is 0. The van der Waals surface area contributed by atoms with Crippen molar-refractivity contribution in [2.24, 2.45) is 5.92 Å². The molecule has 26 heavy (non-hydrogen) atoms. The summed E-state index contributed by atoms with van der Waals surface area (Å²) in [6.45, 7) is 3.82. The maximum atomic E-state index is 13.1. The number of carbonyl (C=O) groups is 1. The van der Waals surface area contributed by atoms with E-state index in [1.54, 1.807) is 13.8 Å². The van der Waals surface area contributed by atoms with Gasteiger partial charge >= 0.3 is 5.97 Å². The van der Waals surface area contributed by atoms with Crippen LogP contribution < -0.4 is 0 Å². The van der Waals surface area contributed by atoms with Gasteiger partial charge in [0.25, 0.3) is 0 Å². The quantitative estimate of drug-likeness (QED) is 0.731. The number of piperidine rings is 1. The van der Waals surface area contributed by atoms with Gasteiger partial charge < -0.3 is 5.11 Å². The molecule has 1 heterocycles. The number of carboxylic acid groups (broad SMARTS) is 1. The van der Waals surface area contributed by atoms with Crippen LogP contribution in [0.3, 0.4) is 0 Å². The summed E-state index contributed by atoms with van der Waals surface area (Å²) < 4.78 is 54.1. The van der Waals surface area contributed by atoms with E-state index in [1.165, 1.54) is 28.6 Å². The molecular formula is C16H24N2O6S2. The van der Waals surface area contributed by atoms with Crippen molar-refractivity contribution in [2.45, 2.75) is 36.5 Å². The van der Waals surface area contributed by atoms with Gasteiger partial charge in [-0.15, -0.1) is 0 Å². The van der Waals surface area contributed by atoms with Crippen molar-refractivity contribution in [1.82, 2.24) is 8.61 Å². The molecule has 0 saturated carbocycles. The fraction of sp³-hybridized carbons (Fsp3) is 0.562. The van der Waals surface area contributed by atoms with Gasteiger partial charge in [-0.25, -0.2) is 16.8 Å². The Morgan fingerprint density at radius 2 is 1.73 bits per heavy atom. The van der Waals surface area contributed by atoms with Crippen LogP contribution in [-0.4, -0.2) is 62.7 Å². The number of aliphatic carboxylic acids is 1. The molecule has 0 aliphatic carbocycles. The van der Waals surface area contributed by atoms with Crippen molar-refractivity contribution in [1.29, 1.82) is 0 Å². The van der Waals surface area contributed by atoms with Crippen LogP contribution in [0.2, 0.25) is 0 Å². The molecule has 0 amide bonds. The van der Waals surface area contributed by atoms with Crippen LogP contribution in [0.1, 0.15) is 26.7 Å². The van der Waals surface area contributed by atoms with Gasteiger partial charge in [0.05, 0.1) is 5.92 Å². The van der Waals surface area contributed by atoms with E-state index < -0.39 is 31.9 Å². The highest BCUT2D eigenvalue weighted by atomic mass is 32.2. The average molecular weight is 405 g/mol. The van der Waals surface area contributed by atoms with E-state index >= 15 is 0 Å². The first kappa shape index (κ1) is 20.8. The molecule has 0 aromatic heterocycles. The molecule has 2 rings (SSSR count). The monoisotopic (exact) mass is 404 g/mol. The van der Waals surface area contributed by atoms with E-state index in [-0.39, 0.29) is 36.0 Å². The summed E-state index contributed by atoms with van der Waals surface area (Å²) in [5, 5.41) is 9.19. The smallest absolute Gasteiger partial charge is 0.307 e. The summed E-state index contributed by atoms with van der Waals surface area (Å²) in [5.74, 6) is -1.83. The van der Waals surface area contributed by atoms with Crippen molar-refractivity contribution in [3.8, 4) is 0 Å². The number of sulfonamides is 2. The number of carboxylic acids is 1. The van der Waals surface area contributed by atoms with E-state index in [4.69, 9.17) is 0 Å². The molecular weight excluding hydrogens is 380 g/mol. The lowest BCUT2D eigenvalue weighted by Crippen LogP contribution is -2.43. The topological polar surface area (TPSA) is 112 Å². The van der Waals surface area contributed by atoms with Crippen LogP contribution in [0, 0.1) is 5.92 Å². The zero-order valence-corrected chi connectivity index (χ0v) is 16.5. The summed E-state index contributed by atoms with van der Waals surface area (Å²) in [6, 6.07) is 5.48. The van der Waals surface area contributed by atoms with Crippen LogP contribution >= 0.6 is 0 Å². The fourth-order valence-corrected chi connectivity index (χ4v) is 6.84. The molecule has 1 unspecified atom stereocenters. The highest BCUT2D eigenvalue weighted by Crippen LogP contribution is 2.29. The highest BCUT2D eigenvalue weighted by molar-refractivity contribution is 7.92. The van der Waals surface area contributed by atoms with E-state index in [2.05, 4.69) is 0 Å². The molecule has 0 bridgehead atoms. The van der Waals surface area contributed by atoms with Crippen molar-refractivity contribution in [3.05, 3.63) is 24.3 Å². The molecule has 1 aliphatic heterocycles. The normalized spacial score (nSPS) is 19.6. The molecule has 10 heteroatoms. The largest absolute Gasteiger partial charge is 0.481 e. The van der Waals surface area contributed by atoms with Gasteiger partial charge in [0.1, 0.15) is 9.79 Å². The van der Waals surface area contributed by atoms with Gasteiger partial charge in [-0.05, 0) is 25.0 Å². The first-order valence-corrected chi connectivity index (χ1v) is 11.4. The van der Waals surface area contributed by atoms with Gasteiger partial charge in [0.2, 0.25) is 20.0 Å². The molecule has 1 aromatic carbocycles. The molecule has 0 spiro atoms. The van der Waals surface area contributed by atoms with Crippen molar-refractivity contribution in [3.63, 3.8) is 0 Å². The summed E-state index contributed by atoms with van der Waals surface area (Å²) in [6.07, 6.45) is 0.821. The van der Waals surface area contributed by atoms with Crippen molar-refractivity contribution < 1.29 is 26.7 Å². The third-order valence-corrected chi connectivity index (χ3v) is 8.68. The lowest BCUT2D eigenvalue weighted by Gasteiger charge is -2.30. The minimum atomic E-state index is -4.13. The molecule has 146 valence electrons. The Balaban J connectivity index is 2.50. The second-order valence-corrected chi connectivity index (χ2v) is 9.89. The van der Waals surface area contributed by atoms with Crippen LogP contribution in [0.4, 0.5) is 0 Å². The minimum Gasteiger partial charge on any atom is -0.481 e. The SMILES string of the molecule is CCN(CC)S(=O)(=O)c1ccccc1S(=O)(=O)N1CCCC(C(=O)O)C1. The Morgan fingerprint density at radius 1 is 1.15 bits per heavy atom. The molecule has 1 N–H and O–H groups in total. The van der Waals surface area contributed by atoms with E-state index in [0.29, 0.717) is 12.8 Å². The molecule has 1 aromatic rings. The molecule has 1 saturated heterocycles. The zero-order chi connectivity index (χ0) is 19.5. The van der Waals surface area contributed by atoms with Gasteiger partial charge in [0.15, 0.2) is 0 Å². The van der Waals surface area contributed by atoms with E-state index in [1.807, 2.05) is 0 Å². The van der Waals surface area contributed by atoms with Crippen LogP contribution in [0.5, 0.6) is 0 Å². The summed E-state index contributed by atoms with van der Waals surface area (Å²) in [7, 11) is -8.10. The highest BCUT2D eigenvalue weighted by Gasteiger charge is 2.37. The van der Waals surface area contributed by atoms with Crippen LogP contribution in [-0.2, 0) is 24.8 Å². The lowest BCUT2D eigenvalue weighted by atomic mass is 10.0. The number of hydrogen-bond donors (Lipinski definition) is 1. The minimum absolute atomic E-state index is 0.155. The Kier molecular flexibility index (Phi) is 6.43. The number of hydrogen-bond acceptors (Lipinski definition) is 5. The summed E-state index contributed by atoms with van der Waals surface area (Å²) in [4.78, 5) is 10.6. The number of nitrogens with zero attached hydrogens (tertiary/aromatic N) is 2. The standard InChI is InChI=1S/C16H24N2O6S2/c1-3-17(4-2)25(21,22)14-9-5-6-10-15(14)26(23,24)18-11-7-8-13(12-18)16(19)20/h5-6,9-10,13H,3-4,7-8,11-12H2,1-2H3,(H,19,20). The second-order valence-electron chi connectivity index (χ2n) is 6.08. The first-order chi connectivity index (χ1) is 12.2.